The van der Waals surface area contributed by atoms with Crippen molar-refractivity contribution in [2.45, 2.75) is 131 Å². The van der Waals surface area contributed by atoms with Gasteiger partial charge in [-0.2, -0.15) is 0 Å². The summed E-state index contributed by atoms with van der Waals surface area (Å²) in [5.74, 6) is -0.371. The minimum atomic E-state index is -0.876. The number of amides is 1. The summed E-state index contributed by atoms with van der Waals surface area (Å²) in [7, 11) is 0. The van der Waals surface area contributed by atoms with Gasteiger partial charge in [-0.25, -0.2) is 4.79 Å². The lowest BCUT2D eigenvalue weighted by molar-refractivity contribution is -0.134. The molecule has 0 aromatic carbocycles. The summed E-state index contributed by atoms with van der Waals surface area (Å²) in [4.78, 5) is 33.7. The first-order valence-corrected chi connectivity index (χ1v) is 16.8. The van der Waals surface area contributed by atoms with Gasteiger partial charge in [-0.15, -0.1) is 0 Å². The Morgan fingerprint density at radius 1 is 1.02 bits per heavy atom. The Hall–Kier alpha value is -2.11. The van der Waals surface area contributed by atoms with Crippen LogP contribution in [0.2, 0.25) is 0 Å². The Labute approximate surface area is 269 Å². The number of allylic oxidation sites excluding steroid dienone is 7. The first kappa shape index (κ1) is 35.4. The summed E-state index contributed by atoms with van der Waals surface area (Å²) in [6.07, 6.45) is 17.0. The number of carbonyl (C=O) groups excluding carboxylic acids is 1. The molecule has 1 fully saturated rings. The molecule has 3 aliphatic carbocycles. The Balaban J connectivity index is 0.00000248. The Morgan fingerprint density at radius 2 is 1.65 bits per heavy atom. The van der Waals surface area contributed by atoms with Gasteiger partial charge >= 0.3 is 5.97 Å². The van der Waals surface area contributed by atoms with Crippen molar-refractivity contribution in [1.82, 2.24) is 4.90 Å². The van der Waals surface area contributed by atoms with E-state index in [1.54, 1.807) is 6.08 Å². The molecule has 1 aliphatic heterocycles. The van der Waals surface area contributed by atoms with E-state index in [4.69, 9.17) is 28.2 Å². The predicted octanol–water partition coefficient (Wildman–Crippen LogP) is 10.1. The third kappa shape index (κ3) is 8.75. The number of carboxylic acid groups (broad SMARTS) is 1. The van der Waals surface area contributed by atoms with Crippen LogP contribution in [0.5, 0.6) is 0 Å². The lowest BCUT2D eigenvalue weighted by atomic mass is 9.69. The zero-order chi connectivity index (χ0) is 32.2. The van der Waals surface area contributed by atoms with E-state index in [2.05, 4.69) is 46.4 Å². The highest BCUT2D eigenvalue weighted by Crippen LogP contribution is 2.49. The van der Waals surface area contributed by atoms with Gasteiger partial charge in [0, 0.05) is 34.1 Å². The lowest BCUT2D eigenvalue weighted by Crippen LogP contribution is -2.55. The molecular formula is C36H52Cl2N2O3. The van der Waals surface area contributed by atoms with Crippen LogP contribution in [0, 0.1) is 16.7 Å². The highest BCUT2D eigenvalue weighted by Gasteiger charge is 2.53. The number of carbonyl (C=O) groups is 2. The van der Waals surface area contributed by atoms with Gasteiger partial charge in [-0.3, -0.25) is 9.79 Å². The third-order valence-electron chi connectivity index (χ3n) is 9.19. The zero-order valence-electron chi connectivity index (χ0n) is 27.5. The molecule has 0 bridgehead atoms. The van der Waals surface area contributed by atoms with Crippen molar-refractivity contribution in [3.63, 3.8) is 0 Å². The van der Waals surface area contributed by atoms with Gasteiger partial charge in [0.05, 0.1) is 6.04 Å². The minimum Gasteiger partial charge on any atom is -0.478 e. The number of carboxylic acids is 1. The molecule has 0 aromatic rings. The van der Waals surface area contributed by atoms with Crippen molar-refractivity contribution in [1.29, 1.82) is 0 Å². The van der Waals surface area contributed by atoms with Crippen LogP contribution >= 0.6 is 23.2 Å². The Kier molecular flexibility index (Phi) is 11.8. The van der Waals surface area contributed by atoms with E-state index in [-0.39, 0.29) is 22.8 Å². The van der Waals surface area contributed by atoms with Gasteiger partial charge in [0.1, 0.15) is 11.4 Å². The second kappa shape index (κ2) is 14.3. The quantitative estimate of drug-likeness (QED) is 0.317. The van der Waals surface area contributed by atoms with Crippen LogP contribution in [0.4, 0.5) is 0 Å². The Morgan fingerprint density at radius 3 is 2.19 bits per heavy atom. The molecular weight excluding hydrogens is 579 g/mol. The topological polar surface area (TPSA) is 70.0 Å². The van der Waals surface area contributed by atoms with Crippen molar-refractivity contribution in [3.8, 4) is 0 Å². The number of halogens is 2. The van der Waals surface area contributed by atoms with Crippen molar-refractivity contribution in [2.24, 2.45) is 21.7 Å². The summed E-state index contributed by atoms with van der Waals surface area (Å²) in [6, 6.07) is -0.155. The van der Waals surface area contributed by atoms with Crippen LogP contribution in [-0.2, 0) is 9.59 Å². The van der Waals surface area contributed by atoms with Crippen molar-refractivity contribution >= 4 is 40.8 Å². The molecule has 1 spiro atoms. The number of aliphatic carboxylic acids is 1. The highest BCUT2D eigenvalue weighted by atomic mass is 35.5. The second-order valence-electron chi connectivity index (χ2n) is 14.4. The molecule has 43 heavy (non-hydrogen) atoms. The smallest absolute Gasteiger partial charge is 0.331 e. The van der Waals surface area contributed by atoms with Gasteiger partial charge in [-0.1, -0.05) is 103 Å². The maximum atomic E-state index is 14.6. The molecule has 1 saturated carbocycles. The molecule has 238 valence electrons. The third-order valence-corrected chi connectivity index (χ3v) is 9.76. The maximum Gasteiger partial charge on any atom is 0.331 e. The SMILES string of the molecule is CC.CC(C)(C)CCC(C1=CC=C(C(=O)O)CC1)N1C(=O)C(C2=CC/C(Cl)=C\C/C(Cl)=C\2)=NC12CCC(C(C)(C)C)CC2. The fourth-order valence-electron chi connectivity index (χ4n) is 6.64. The summed E-state index contributed by atoms with van der Waals surface area (Å²) < 4.78 is 0. The summed E-state index contributed by atoms with van der Waals surface area (Å²) in [6.45, 7) is 17.6. The second-order valence-corrected chi connectivity index (χ2v) is 15.4. The van der Waals surface area contributed by atoms with E-state index in [1.165, 1.54) is 0 Å². The van der Waals surface area contributed by atoms with Gasteiger partial charge in [0.15, 0.2) is 0 Å². The first-order valence-electron chi connectivity index (χ1n) is 16.1. The molecule has 1 atom stereocenters. The van der Waals surface area contributed by atoms with Crippen molar-refractivity contribution in [3.05, 3.63) is 57.2 Å². The fourth-order valence-corrected chi connectivity index (χ4v) is 6.99. The van der Waals surface area contributed by atoms with Crippen molar-refractivity contribution in [2.75, 3.05) is 0 Å². The molecule has 1 amide bonds. The van der Waals surface area contributed by atoms with Crippen molar-refractivity contribution < 1.29 is 14.7 Å². The van der Waals surface area contributed by atoms with Crippen LogP contribution < -0.4 is 0 Å². The molecule has 0 saturated heterocycles. The highest BCUT2D eigenvalue weighted by molar-refractivity contribution is 6.48. The average Bonchev–Trinajstić information content (AvgIpc) is 3.20. The van der Waals surface area contributed by atoms with Crippen LogP contribution in [0.1, 0.15) is 120 Å². The molecule has 0 aromatic heterocycles. The molecule has 4 aliphatic rings. The van der Waals surface area contributed by atoms with Crippen LogP contribution in [0.3, 0.4) is 0 Å². The fraction of sp³-hybridized carbons (Fsp3) is 0.639. The van der Waals surface area contributed by atoms with Crippen LogP contribution in [-0.4, -0.2) is 39.3 Å². The van der Waals surface area contributed by atoms with E-state index in [0.717, 1.165) is 49.7 Å². The molecule has 7 heteroatoms. The van der Waals surface area contributed by atoms with Crippen LogP contribution in [0.15, 0.2) is 62.2 Å². The van der Waals surface area contributed by atoms with E-state index < -0.39 is 11.6 Å². The van der Waals surface area contributed by atoms with Gasteiger partial charge < -0.3 is 10.0 Å². The van der Waals surface area contributed by atoms with E-state index in [9.17, 15) is 14.7 Å². The van der Waals surface area contributed by atoms with E-state index in [0.29, 0.717) is 53.0 Å². The molecule has 4 rings (SSSR count). The average molecular weight is 632 g/mol. The molecule has 0 radical (unpaired) electrons. The normalized spacial score (nSPS) is 28.1. The van der Waals surface area contributed by atoms with Gasteiger partial charge in [-0.05, 0) is 79.8 Å². The predicted molar refractivity (Wildman–Crippen MR) is 180 cm³/mol. The number of nitrogens with zero attached hydrogens (tertiary/aromatic N) is 2. The van der Waals surface area contributed by atoms with Gasteiger partial charge in [0.25, 0.3) is 5.91 Å². The number of hydrogen-bond donors (Lipinski definition) is 1. The molecule has 1 heterocycles. The number of aliphatic imine (C=N–C) groups is 1. The molecule has 5 nitrogen and oxygen atoms in total. The minimum absolute atomic E-state index is 0.0559. The number of rotatable bonds is 6. The van der Waals surface area contributed by atoms with E-state index in [1.807, 2.05) is 38.2 Å². The van der Waals surface area contributed by atoms with Crippen LogP contribution in [0.25, 0.3) is 0 Å². The Bertz CT molecular complexity index is 1250. The lowest BCUT2D eigenvalue weighted by Gasteiger charge is -2.48. The van der Waals surface area contributed by atoms with Gasteiger partial charge in [0.2, 0.25) is 0 Å². The van der Waals surface area contributed by atoms with E-state index >= 15 is 0 Å². The maximum absolute atomic E-state index is 14.6. The number of hydrogen-bond acceptors (Lipinski definition) is 3. The summed E-state index contributed by atoms with van der Waals surface area (Å²) in [5, 5.41) is 10.9. The summed E-state index contributed by atoms with van der Waals surface area (Å²) in [5.41, 5.74) is 2.40. The monoisotopic (exact) mass is 630 g/mol. The molecule has 1 N–H and O–H groups in total. The zero-order valence-corrected chi connectivity index (χ0v) is 29.0. The largest absolute Gasteiger partial charge is 0.478 e. The summed E-state index contributed by atoms with van der Waals surface area (Å²) >= 11 is 13.0. The first-order chi connectivity index (χ1) is 20.1. The standard InChI is InChI=1S/C34H46Cl2N2O3.C2H6/c1-32(2,3)18-17-28(22-7-9-23(10-8-22)31(40)41)38-30(39)29(24-11-12-26(35)13-14-27(36)21-24)37-34(38)19-15-25(16-20-34)33(4,5)6;1-2/h7,9,11,13,21,25,28H,8,10,12,14-20H2,1-6H3,(H,40,41);1-2H3/b24-11?,26-13+,27-21+;. The molecule has 1 unspecified atom stereocenters.